The lowest BCUT2D eigenvalue weighted by Gasteiger charge is -2.31. The third-order valence-electron chi connectivity index (χ3n) is 24.9. The summed E-state index contributed by atoms with van der Waals surface area (Å²) in [6.45, 7) is 6.33. The number of rotatable bonds is 1. The molecule has 2 atom stereocenters. The van der Waals surface area contributed by atoms with Gasteiger partial charge in [0.15, 0.2) is 0 Å². The van der Waals surface area contributed by atoms with Crippen LogP contribution in [0.1, 0.15) is 43.0 Å². The number of esters is 1. The van der Waals surface area contributed by atoms with Crippen molar-refractivity contribution in [2.24, 2.45) is 5.92 Å². The average Bonchev–Trinajstić information content (AvgIpc) is 4.33. The number of benzene rings is 17. The van der Waals surface area contributed by atoms with E-state index in [1.54, 1.807) is 313 Å². The predicted octanol–water partition coefficient (Wildman–Crippen LogP) is 17.3. The second kappa shape index (κ2) is 5.42. The number of hydrogen-bond acceptors (Lipinski definition) is 2. The van der Waals surface area contributed by atoms with Crippen LogP contribution in [-0.2, 0) is 20.4 Å². The van der Waals surface area contributed by atoms with E-state index in [0.717, 1.165) is 0 Å². The van der Waals surface area contributed by atoms with Crippen LogP contribution < -0.4 is 0 Å². The van der Waals surface area contributed by atoms with Gasteiger partial charge in [-0.3, -0.25) is 4.79 Å². The molecule has 2 heteroatoms. The zero-order chi connectivity index (χ0) is 40.8. The highest BCUT2D eigenvalue weighted by molar-refractivity contribution is 6.82. The van der Waals surface area contributed by atoms with Crippen molar-refractivity contribution in [3.63, 3.8) is 0 Å². The highest BCUT2D eigenvalue weighted by Crippen LogP contribution is 2.92. The van der Waals surface area contributed by atoms with Crippen molar-refractivity contribution in [1.82, 2.24) is 0 Å². The van der Waals surface area contributed by atoms with Gasteiger partial charge >= 0.3 is 5.97 Å². The monoisotopic (exact) mass is 834 g/mol. The molecule has 2 unspecified atom stereocenters. The molecule has 0 heterocycles. The van der Waals surface area contributed by atoms with Crippen LogP contribution in [-0.4, -0.2) is 11.6 Å². The maximum Gasteiger partial charge on any atom is 0.312 e. The van der Waals surface area contributed by atoms with Crippen LogP contribution in [0.3, 0.4) is 0 Å². The highest BCUT2D eigenvalue weighted by Gasteiger charge is 2.89. The van der Waals surface area contributed by atoms with E-state index in [1.807, 2.05) is 0 Å². The largest absolute Gasteiger partial charge is 0.460 e. The molecule has 5 aliphatic rings. The molecule has 5 aliphatic carbocycles. The molecule has 1 fully saturated rings. The van der Waals surface area contributed by atoms with Crippen molar-refractivity contribution >= 4 is 297 Å². The Labute approximate surface area is 369 Å². The van der Waals surface area contributed by atoms with Gasteiger partial charge in [-0.15, -0.1) is 0 Å². The van der Waals surface area contributed by atoms with Crippen LogP contribution in [0.15, 0.2) is 0 Å². The van der Waals surface area contributed by atoms with E-state index >= 15 is 4.79 Å². The molecule has 28 aromatic carbocycles. The zero-order valence-corrected chi connectivity index (χ0v) is 35.4. The molecular weight excluding hydrogens is 825 g/mol. The number of ether oxygens (including phenoxy) is 1. The van der Waals surface area contributed by atoms with Gasteiger partial charge in [0.25, 0.3) is 0 Å². The number of carbonyl (C=O) groups excluding carboxylic acids is 1. The fraction of sp³-hybridized carbons (Fsp3) is 0.106. The smallest absolute Gasteiger partial charge is 0.312 e. The van der Waals surface area contributed by atoms with Gasteiger partial charge in [0.1, 0.15) is 5.60 Å². The van der Waals surface area contributed by atoms with Gasteiger partial charge in [-0.1, -0.05) is 0 Å². The summed E-state index contributed by atoms with van der Waals surface area (Å²) >= 11 is 0. The van der Waals surface area contributed by atoms with Crippen molar-refractivity contribution < 1.29 is 9.53 Å². The van der Waals surface area contributed by atoms with Crippen LogP contribution in [0.2, 0.25) is 0 Å². The second-order valence-electron chi connectivity index (χ2n) is 26.3. The first-order valence-corrected chi connectivity index (χ1v) is 25.5. The maximum atomic E-state index is 16.3. The molecule has 0 N–H and O–H groups in total. The first-order chi connectivity index (χ1) is 33.5. The van der Waals surface area contributed by atoms with E-state index in [1.165, 1.54) is 0 Å². The van der Waals surface area contributed by atoms with Gasteiger partial charge in [0, 0.05) is 0 Å². The van der Waals surface area contributed by atoms with E-state index in [2.05, 4.69) is 20.8 Å². The Morgan fingerprint density at radius 3 is 0.574 bits per heavy atom. The Balaban J connectivity index is 1.20. The number of hydrogen-bond donors (Lipinski definition) is 0. The first kappa shape index (κ1) is 25.2. The van der Waals surface area contributed by atoms with Gasteiger partial charge in [-0.05, 0) is 334 Å². The lowest BCUT2D eigenvalue weighted by Crippen LogP contribution is -2.28. The zero-order valence-electron chi connectivity index (χ0n) is 35.4. The Morgan fingerprint density at radius 1 is 0.250 bits per heavy atom. The van der Waals surface area contributed by atoms with Crippen LogP contribution in [0.25, 0.3) is 291 Å². The normalized spacial score (nSPS) is 23.8. The molecule has 2 spiro atoms. The Bertz CT molecular complexity index is 6930. The molecule has 1 saturated carbocycles. The molecule has 33 rings (SSSR count). The molecule has 286 valence electrons. The summed E-state index contributed by atoms with van der Waals surface area (Å²) in [5, 5.41) is 86.1. The average molecular weight is 835 g/mol. The van der Waals surface area contributed by atoms with Gasteiger partial charge in [0.05, 0.1) is 16.7 Å². The highest BCUT2D eigenvalue weighted by atomic mass is 16.6. The summed E-state index contributed by atoms with van der Waals surface area (Å²) < 4.78 is 6.95. The van der Waals surface area contributed by atoms with E-state index in [9.17, 15) is 0 Å². The standard InChI is InChI=1S/C66H10O2/c1-64(2,3)68-63(67)62-65-58-51-44-32-24-15-6-4-5-7-10(6)19-26(24)34-35-27(19)25-16(7)18-14-9(5)12-11-8(4)13-17(15)30(32)38-36-22(13)20(11)28-29-21(12)23(14)37-39-31(18)33(25)45-47(35)56(55(58)46(34)44)59-52(45)50(39)54-43(37)41(29)48-40(28)42(36)53(49(38)51)60(65)57(48)61(54)66(59,62)65/h62H,1-3H3. The van der Waals surface area contributed by atoms with Crippen molar-refractivity contribution in [2.75, 3.05) is 0 Å². The first-order valence-electron chi connectivity index (χ1n) is 25.5. The van der Waals surface area contributed by atoms with Gasteiger partial charge in [-0.25, -0.2) is 0 Å². The predicted molar refractivity (Wildman–Crippen MR) is 283 cm³/mol. The van der Waals surface area contributed by atoms with Crippen molar-refractivity contribution in [1.29, 1.82) is 0 Å². The lowest BCUT2D eigenvalue weighted by atomic mass is 9.69. The summed E-state index contributed by atoms with van der Waals surface area (Å²) in [5.74, 6) is -0.276. The maximum absolute atomic E-state index is 16.3. The fourth-order valence-corrected chi connectivity index (χ4v) is 25.1. The van der Waals surface area contributed by atoms with Crippen LogP contribution in [0, 0.1) is 5.92 Å². The minimum atomic E-state index is -0.600. The van der Waals surface area contributed by atoms with Crippen molar-refractivity contribution in [2.45, 2.75) is 37.2 Å². The molecule has 0 aliphatic heterocycles. The quantitative estimate of drug-likeness (QED) is 0.122. The molecule has 2 nitrogen and oxygen atoms in total. The molecule has 0 amide bonds. The molecule has 0 saturated heterocycles. The van der Waals surface area contributed by atoms with Crippen molar-refractivity contribution in [3.8, 4) is 0 Å². The Kier molecular flexibility index (Phi) is 2.01. The van der Waals surface area contributed by atoms with E-state index in [0.29, 0.717) is 0 Å². The third kappa shape index (κ3) is 1.27. The van der Waals surface area contributed by atoms with Gasteiger partial charge < -0.3 is 4.74 Å². The molecule has 68 heavy (non-hydrogen) atoms. The summed E-state index contributed by atoms with van der Waals surface area (Å²) in [6.07, 6.45) is 0. The van der Waals surface area contributed by atoms with Crippen LogP contribution in [0.4, 0.5) is 0 Å². The molecule has 0 bridgehead atoms. The Morgan fingerprint density at radius 2 is 0.382 bits per heavy atom. The van der Waals surface area contributed by atoms with E-state index < -0.39 is 16.4 Å². The molecule has 0 radical (unpaired) electrons. The molecular formula is C66H10O2. The summed E-state index contributed by atoms with van der Waals surface area (Å²) in [7, 11) is 0. The van der Waals surface area contributed by atoms with Crippen LogP contribution >= 0.6 is 0 Å². The third-order valence-corrected chi connectivity index (χ3v) is 24.9. The minimum Gasteiger partial charge on any atom is -0.460 e. The van der Waals surface area contributed by atoms with Crippen molar-refractivity contribution in [3.05, 3.63) is 22.3 Å². The molecule has 28 aromatic rings. The summed E-state index contributed by atoms with van der Waals surface area (Å²) in [4.78, 5) is 16.3. The van der Waals surface area contributed by atoms with E-state index in [-0.39, 0.29) is 11.9 Å². The summed E-state index contributed by atoms with van der Waals surface area (Å²) in [6, 6.07) is 0. The number of carbonyl (C=O) groups is 1. The minimum absolute atomic E-state index is 0.0347. The summed E-state index contributed by atoms with van der Waals surface area (Å²) in [5.41, 5.74) is 4.61. The van der Waals surface area contributed by atoms with Crippen LogP contribution in [0.5, 0.6) is 0 Å². The lowest BCUT2D eigenvalue weighted by molar-refractivity contribution is -0.157. The second-order valence-corrected chi connectivity index (χ2v) is 26.3. The van der Waals surface area contributed by atoms with Gasteiger partial charge in [0.2, 0.25) is 0 Å². The van der Waals surface area contributed by atoms with E-state index in [4.69, 9.17) is 4.74 Å². The Hall–Kier alpha value is -8.07. The molecule has 0 aromatic heterocycles. The fourth-order valence-electron chi connectivity index (χ4n) is 25.1. The topological polar surface area (TPSA) is 26.3 Å². The SMILES string of the molecule is CC(C)(C)OC(=O)C1C23c4c5c6c7c8c9c(c%10c%11c2c2c%12c4c4c%13c5c5c7c7c8c8c%14c9c%10c9c%10c%11c2c2c%11c%12c4c4c%12c%13c5c5c7c7c8c8c%14c9c9c%10c2c2c%11c4c4c%12c5c7c5c8c9c2c45)C613. The van der Waals surface area contributed by atoms with Gasteiger partial charge in [-0.2, -0.15) is 0 Å².